The van der Waals surface area contributed by atoms with Crippen molar-refractivity contribution in [1.82, 2.24) is 4.90 Å². The zero-order valence-corrected chi connectivity index (χ0v) is 18.5. The Morgan fingerprint density at radius 3 is 2.70 bits per heavy atom. The lowest BCUT2D eigenvalue weighted by atomic mass is 9.94. The fraction of sp³-hybridized carbons (Fsp3) is 0.375. The molecule has 4 rings (SSSR count). The second-order valence-electron chi connectivity index (χ2n) is 8.37. The number of aliphatic carboxylic acids is 1. The van der Waals surface area contributed by atoms with Gasteiger partial charge in [0.15, 0.2) is 0 Å². The van der Waals surface area contributed by atoms with Crippen molar-refractivity contribution in [3.8, 4) is 5.75 Å². The molecular weight excluding hydrogens is 426 g/mol. The molecule has 9 heteroatoms. The Labute approximate surface area is 191 Å². The van der Waals surface area contributed by atoms with Crippen LogP contribution in [-0.2, 0) is 9.53 Å². The number of nitrogens with one attached hydrogen (secondary N) is 2. The van der Waals surface area contributed by atoms with Crippen LogP contribution in [0.2, 0.25) is 0 Å². The Morgan fingerprint density at radius 2 is 1.94 bits per heavy atom. The van der Waals surface area contributed by atoms with Crippen molar-refractivity contribution in [2.75, 3.05) is 24.3 Å². The molecule has 2 aromatic rings. The zero-order valence-electron chi connectivity index (χ0n) is 18.5. The molecule has 1 fully saturated rings. The fourth-order valence-electron chi connectivity index (χ4n) is 4.30. The molecule has 2 aliphatic heterocycles. The third-order valence-electron chi connectivity index (χ3n) is 6.07. The van der Waals surface area contributed by atoms with Crippen LogP contribution in [0.25, 0.3) is 0 Å². The number of hydrogen-bond acceptors (Lipinski definition) is 5. The molecule has 0 saturated carbocycles. The summed E-state index contributed by atoms with van der Waals surface area (Å²) in [5.74, 6) is -0.770. The second kappa shape index (κ2) is 9.50. The van der Waals surface area contributed by atoms with E-state index in [0.29, 0.717) is 35.5 Å². The van der Waals surface area contributed by atoms with E-state index in [4.69, 9.17) is 14.6 Å². The molecule has 3 atom stereocenters. The van der Waals surface area contributed by atoms with E-state index in [0.717, 1.165) is 5.56 Å². The minimum atomic E-state index is -0.911. The number of rotatable bonds is 4. The lowest BCUT2D eigenvalue weighted by molar-refractivity contribution is -0.148. The van der Waals surface area contributed by atoms with Gasteiger partial charge in [0.25, 0.3) is 5.91 Å². The minimum Gasteiger partial charge on any atom is -0.490 e. The quantitative estimate of drug-likeness (QED) is 0.652. The molecule has 2 aromatic carbocycles. The van der Waals surface area contributed by atoms with Gasteiger partial charge in [-0.15, -0.1) is 0 Å². The average molecular weight is 453 g/mol. The van der Waals surface area contributed by atoms with Gasteiger partial charge in [-0.2, -0.15) is 0 Å². The summed E-state index contributed by atoms with van der Waals surface area (Å²) in [4.78, 5) is 38.4. The van der Waals surface area contributed by atoms with E-state index < -0.39 is 24.2 Å². The fourth-order valence-corrected chi connectivity index (χ4v) is 4.30. The van der Waals surface area contributed by atoms with Crippen LogP contribution < -0.4 is 15.4 Å². The summed E-state index contributed by atoms with van der Waals surface area (Å²) >= 11 is 0. The lowest BCUT2D eigenvalue weighted by Gasteiger charge is -2.42. The highest BCUT2D eigenvalue weighted by Crippen LogP contribution is 2.32. The third kappa shape index (κ3) is 5.09. The van der Waals surface area contributed by atoms with E-state index in [-0.39, 0.29) is 25.0 Å². The highest BCUT2D eigenvalue weighted by Gasteiger charge is 2.39. The Hall–Kier alpha value is -3.59. The molecule has 0 aromatic heterocycles. The number of hydrogen-bond donors (Lipinski definition) is 3. The van der Waals surface area contributed by atoms with Crippen molar-refractivity contribution >= 4 is 29.3 Å². The van der Waals surface area contributed by atoms with E-state index in [1.54, 1.807) is 30.1 Å². The number of nitrogens with zero attached hydrogens (tertiary/aromatic N) is 1. The van der Waals surface area contributed by atoms with Crippen molar-refractivity contribution in [3.63, 3.8) is 0 Å². The largest absolute Gasteiger partial charge is 0.490 e. The van der Waals surface area contributed by atoms with E-state index >= 15 is 0 Å². The smallest absolute Gasteiger partial charge is 0.323 e. The van der Waals surface area contributed by atoms with Gasteiger partial charge in [0.2, 0.25) is 0 Å². The van der Waals surface area contributed by atoms with Gasteiger partial charge in [0.05, 0.1) is 24.1 Å². The molecule has 0 spiro atoms. The Bertz CT molecular complexity index is 1070. The lowest BCUT2D eigenvalue weighted by Crippen LogP contribution is -2.53. The van der Waals surface area contributed by atoms with Crippen LogP contribution in [-0.4, -0.2) is 59.8 Å². The van der Waals surface area contributed by atoms with Crippen LogP contribution in [0.4, 0.5) is 16.2 Å². The number of likely N-dealkylation sites (N-methyl/N-ethyl adjacent to an activating group) is 1. The van der Waals surface area contributed by atoms with Gasteiger partial charge in [-0.1, -0.05) is 18.2 Å². The van der Waals surface area contributed by atoms with Gasteiger partial charge in [0.1, 0.15) is 18.5 Å². The van der Waals surface area contributed by atoms with Gasteiger partial charge in [0, 0.05) is 18.4 Å². The molecule has 3 N–H and O–H groups in total. The molecular formula is C24H27N3O6. The maximum Gasteiger partial charge on any atom is 0.323 e. The number of amides is 3. The molecule has 3 amide bonds. The molecule has 0 bridgehead atoms. The van der Waals surface area contributed by atoms with Crippen molar-refractivity contribution in [2.24, 2.45) is 0 Å². The number of carboxylic acids is 1. The SMILES string of the molecule is Cc1ccccc1NC(=O)Nc1ccc2c(c1)C(=O)N(C)[C@@H]1CC[C@H](CC(=O)O)O[C@@H]1CO2. The summed E-state index contributed by atoms with van der Waals surface area (Å²) in [6.45, 7) is 2.10. The van der Waals surface area contributed by atoms with Crippen LogP contribution in [0.15, 0.2) is 42.5 Å². The molecule has 0 unspecified atom stereocenters. The number of ether oxygens (including phenoxy) is 2. The molecule has 0 radical (unpaired) electrons. The molecule has 2 heterocycles. The van der Waals surface area contributed by atoms with Gasteiger partial charge in [-0.05, 0) is 49.6 Å². The highest BCUT2D eigenvalue weighted by atomic mass is 16.5. The number of carbonyl (C=O) groups is 3. The second-order valence-corrected chi connectivity index (χ2v) is 8.37. The van der Waals surface area contributed by atoms with Gasteiger partial charge < -0.3 is 30.1 Å². The number of urea groups is 1. The number of aryl methyl sites for hydroxylation is 1. The Balaban J connectivity index is 1.49. The van der Waals surface area contributed by atoms with Crippen LogP contribution in [0, 0.1) is 6.92 Å². The van der Waals surface area contributed by atoms with Gasteiger partial charge in [-0.25, -0.2) is 4.79 Å². The van der Waals surface area contributed by atoms with Crippen LogP contribution >= 0.6 is 0 Å². The van der Waals surface area contributed by atoms with Crippen LogP contribution in [0.3, 0.4) is 0 Å². The summed E-state index contributed by atoms with van der Waals surface area (Å²) in [6.07, 6.45) is 0.298. The normalized spacial score (nSPS) is 22.2. The summed E-state index contributed by atoms with van der Waals surface area (Å²) in [6, 6.07) is 11.7. The maximum absolute atomic E-state index is 13.2. The number of carboxylic acid groups (broad SMARTS) is 1. The first-order valence-corrected chi connectivity index (χ1v) is 10.9. The van der Waals surface area contributed by atoms with Crippen molar-refractivity contribution < 1.29 is 29.0 Å². The molecule has 1 saturated heterocycles. The van der Waals surface area contributed by atoms with E-state index in [2.05, 4.69) is 10.6 Å². The van der Waals surface area contributed by atoms with Crippen molar-refractivity contribution in [3.05, 3.63) is 53.6 Å². The number of anilines is 2. The Kier molecular flexibility index (Phi) is 6.50. The third-order valence-corrected chi connectivity index (χ3v) is 6.07. The molecule has 33 heavy (non-hydrogen) atoms. The van der Waals surface area contributed by atoms with Crippen molar-refractivity contribution in [1.29, 1.82) is 0 Å². The van der Waals surface area contributed by atoms with Gasteiger partial charge in [-0.3, -0.25) is 9.59 Å². The predicted molar refractivity (Wildman–Crippen MR) is 122 cm³/mol. The average Bonchev–Trinajstić information content (AvgIpc) is 2.78. The molecule has 174 valence electrons. The van der Waals surface area contributed by atoms with E-state index in [1.165, 1.54) is 0 Å². The standard InChI is InChI=1S/C24H27N3O6/c1-14-5-3-4-6-18(14)26-24(31)25-15-7-10-20-17(11-15)23(30)27(2)19-9-8-16(12-22(28)29)33-21(19)13-32-20/h3-7,10-11,16,19,21H,8-9,12-13H2,1-2H3,(H,28,29)(H2,25,26,31)/t16-,19-,21-/m1/s1. The van der Waals surface area contributed by atoms with Gasteiger partial charge >= 0.3 is 12.0 Å². The first-order valence-electron chi connectivity index (χ1n) is 10.9. The number of benzene rings is 2. The van der Waals surface area contributed by atoms with Crippen LogP contribution in [0.5, 0.6) is 5.75 Å². The maximum atomic E-state index is 13.2. The van der Waals surface area contributed by atoms with Crippen LogP contribution in [0.1, 0.15) is 35.2 Å². The van der Waals surface area contributed by atoms with E-state index in [9.17, 15) is 14.4 Å². The summed E-state index contributed by atoms with van der Waals surface area (Å²) < 4.78 is 11.8. The zero-order chi connectivity index (χ0) is 23.5. The first-order chi connectivity index (χ1) is 15.8. The highest BCUT2D eigenvalue weighted by molar-refractivity contribution is 6.02. The predicted octanol–water partition coefficient (Wildman–Crippen LogP) is 3.49. The summed E-state index contributed by atoms with van der Waals surface area (Å²) in [5.41, 5.74) is 2.44. The Morgan fingerprint density at radius 1 is 1.15 bits per heavy atom. The number of fused-ring (bicyclic) bond motifs is 2. The molecule has 9 nitrogen and oxygen atoms in total. The van der Waals surface area contributed by atoms with E-state index in [1.807, 2.05) is 31.2 Å². The molecule has 2 aliphatic rings. The first kappa shape index (κ1) is 22.6. The number of para-hydroxylation sites is 1. The summed E-state index contributed by atoms with van der Waals surface area (Å²) in [5, 5.41) is 14.6. The monoisotopic (exact) mass is 453 g/mol. The number of carbonyl (C=O) groups excluding carboxylic acids is 2. The van der Waals surface area contributed by atoms with Crippen molar-refractivity contribution in [2.45, 2.75) is 44.4 Å². The topological polar surface area (TPSA) is 117 Å². The summed E-state index contributed by atoms with van der Waals surface area (Å²) in [7, 11) is 1.71. The molecule has 0 aliphatic carbocycles. The minimum absolute atomic E-state index is 0.0724.